The molecule has 1 fully saturated rings. The zero-order valence-corrected chi connectivity index (χ0v) is 17.2. The van der Waals surface area contributed by atoms with Crippen molar-refractivity contribution in [2.45, 2.75) is 18.8 Å². The van der Waals surface area contributed by atoms with Crippen LogP contribution < -0.4 is 9.47 Å². The maximum Gasteiger partial charge on any atom is 0.246 e. The van der Waals surface area contributed by atoms with Gasteiger partial charge in [-0.05, 0) is 39.1 Å². The van der Waals surface area contributed by atoms with E-state index in [0.717, 1.165) is 31.6 Å². The van der Waals surface area contributed by atoms with Crippen LogP contribution in [-0.2, 0) is 4.79 Å². The summed E-state index contributed by atoms with van der Waals surface area (Å²) in [6.45, 7) is 2.10. The molecule has 1 unspecified atom stereocenters. The quantitative estimate of drug-likeness (QED) is 0.670. The molecule has 3 rings (SSSR count). The number of methoxy groups -OCH3 is 1. The number of ether oxygens (including phenoxy) is 2. The molecule has 154 valence electrons. The first-order valence-electron chi connectivity index (χ1n) is 9.80. The number of likely N-dealkylation sites (N-methyl/N-ethyl adjacent to an activating group) is 1. The van der Waals surface area contributed by atoms with Crippen LogP contribution in [0.25, 0.3) is 0 Å². The molecule has 1 saturated heterocycles. The van der Waals surface area contributed by atoms with Crippen LogP contribution in [0.5, 0.6) is 17.4 Å². The van der Waals surface area contributed by atoms with Crippen molar-refractivity contribution in [3.05, 3.63) is 54.5 Å². The summed E-state index contributed by atoms with van der Waals surface area (Å²) in [5, 5.41) is 0. The summed E-state index contributed by atoms with van der Waals surface area (Å²) in [6.07, 6.45) is 8.69. The molecule has 1 aliphatic rings. The van der Waals surface area contributed by atoms with Crippen LogP contribution in [-0.4, -0.2) is 66.5 Å². The molecule has 0 saturated carbocycles. The lowest BCUT2D eigenvalue weighted by atomic mass is 9.94. The summed E-state index contributed by atoms with van der Waals surface area (Å²) >= 11 is 0. The lowest BCUT2D eigenvalue weighted by Gasteiger charge is -2.32. The summed E-state index contributed by atoms with van der Waals surface area (Å²) in [5.74, 6) is 1.79. The lowest BCUT2D eigenvalue weighted by Crippen LogP contribution is -2.38. The van der Waals surface area contributed by atoms with Crippen molar-refractivity contribution in [1.29, 1.82) is 0 Å². The highest BCUT2D eigenvalue weighted by Crippen LogP contribution is 2.35. The molecule has 1 aromatic heterocycles. The fourth-order valence-corrected chi connectivity index (χ4v) is 3.37. The van der Waals surface area contributed by atoms with E-state index in [9.17, 15) is 4.79 Å². The molecule has 1 atom stereocenters. The third-order valence-electron chi connectivity index (χ3n) is 4.82. The van der Waals surface area contributed by atoms with Crippen molar-refractivity contribution in [2.75, 3.05) is 40.8 Å². The van der Waals surface area contributed by atoms with Gasteiger partial charge < -0.3 is 19.3 Å². The molecule has 7 nitrogen and oxygen atoms in total. The van der Waals surface area contributed by atoms with Gasteiger partial charge in [-0.1, -0.05) is 18.2 Å². The maximum atomic E-state index is 12.6. The van der Waals surface area contributed by atoms with E-state index in [1.807, 2.05) is 54.2 Å². The van der Waals surface area contributed by atoms with Crippen molar-refractivity contribution < 1.29 is 14.3 Å². The predicted molar refractivity (Wildman–Crippen MR) is 111 cm³/mol. The molecule has 0 aliphatic carbocycles. The largest absolute Gasteiger partial charge is 0.493 e. The van der Waals surface area contributed by atoms with Gasteiger partial charge in [-0.2, -0.15) is 0 Å². The van der Waals surface area contributed by atoms with Crippen molar-refractivity contribution >= 4 is 5.91 Å². The van der Waals surface area contributed by atoms with E-state index >= 15 is 0 Å². The van der Waals surface area contributed by atoms with Crippen LogP contribution in [0.2, 0.25) is 0 Å². The van der Waals surface area contributed by atoms with E-state index in [1.165, 1.54) is 0 Å². The fourth-order valence-electron chi connectivity index (χ4n) is 3.37. The summed E-state index contributed by atoms with van der Waals surface area (Å²) in [7, 11) is 5.56. The Morgan fingerprint density at radius 1 is 1.24 bits per heavy atom. The first-order valence-corrected chi connectivity index (χ1v) is 9.80. The van der Waals surface area contributed by atoms with Gasteiger partial charge in [-0.25, -0.2) is 4.98 Å². The van der Waals surface area contributed by atoms with E-state index in [4.69, 9.17) is 9.47 Å². The second-order valence-corrected chi connectivity index (χ2v) is 7.29. The summed E-state index contributed by atoms with van der Waals surface area (Å²) in [6, 6.07) is 7.45. The van der Waals surface area contributed by atoms with Crippen molar-refractivity contribution in [3.63, 3.8) is 0 Å². The Labute approximate surface area is 172 Å². The van der Waals surface area contributed by atoms with E-state index in [2.05, 4.69) is 9.97 Å². The molecule has 0 bridgehead atoms. The Morgan fingerprint density at radius 2 is 2.00 bits per heavy atom. The van der Waals surface area contributed by atoms with E-state index in [0.29, 0.717) is 23.9 Å². The molecular formula is C22H28N4O3. The van der Waals surface area contributed by atoms with Gasteiger partial charge in [0.25, 0.3) is 0 Å². The number of hydrogen-bond donors (Lipinski definition) is 0. The standard InChI is InChI=1S/C22H28N4O3/c1-25(2)14-7-11-20(27)26-15-6-8-17(16-26)21-22(24-13-12-23-21)29-19-10-5-4-9-18(19)28-3/h4-5,7,9-13,17H,6,8,14-16H2,1-3H3/b11-7+. The average molecular weight is 396 g/mol. The highest BCUT2D eigenvalue weighted by atomic mass is 16.5. The number of benzene rings is 1. The lowest BCUT2D eigenvalue weighted by molar-refractivity contribution is -0.127. The number of carbonyl (C=O) groups is 1. The predicted octanol–water partition coefficient (Wildman–Crippen LogP) is 3.10. The number of aromatic nitrogens is 2. The number of hydrogen-bond acceptors (Lipinski definition) is 6. The van der Waals surface area contributed by atoms with Crippen LogP contribution in [0.15, 0.2) is 48.8 Å². The minimum Gasteiger partial charge on any atom is -0.493 e. The van der Waals surface area contributed by atoms with Gasteiger partial charge >= 0.3 is 0 Å². The van der Waals surface area contributed by atoms with Gasteiger partial charge in [0.05, 0.1) is 7.11 Å². The molecule has 1 amide bonds. The Bertz CT molecular complexity index is 853. The molecule has 1 aliphatic heterocycles. The number of piperidine rings is 1. The van der Waals surface area contributed by atoms with Crippen molar-refractivity contribution in [1.82, 2.24) is 19.8 Å². The number of carbonyl (C=O) groups excluding carboxylic acids is 1. The SMILES string of the molecule is COc1ccccc1Oc1nccnc1C1CCCN(C(=O)/C=C/CN(C)C)C1. The Morgan fingerprint density at radius 3 is 2.76 bits per heavy atom. The normalized spacial score (nSPS) is 17.0. The Kier molecular flexibility index (Phi) is 7.19. The first-order chi connectivity index (χ1) is 14.1. The third-order valence-corrected chi connectivity index (χ3v) is 4.82. The third kappa shape index (κ3) is 5.54. The van der Waals surface area contributed by atoms with E-state index in [1.54, 1.807) is 25.6 Å². The molecule has 2 heterocycles. The molecule has 1 aromatic carbocycles. The molecule has 0 N–H and O–H groups in total. The minimum atomic E-state index is 0.0348. The van der Waals surface area contributed by atoms with Crippen LogP contribution in [0.4, 0.5) is 0 Å². The molecule has 29 heavy (non-hydrogen) atoms. The van der Waals surface area contributed by atoms with Crippen LogP contribution >= 0.6 is 0 Å². The average Bonchev–Trinajstić information content (AvgIpc) is 2.74. The molecule has 2 aromatic rings. The summed E-state index contributed by atoms with van der Waals surface area (Å²) in [4.78, 5) is 25.4. The number of amides is 1. The molecule has 7 heteroatoms. The zero-order chi connectivity index (χ0) is 20.6. The monoisotopic (exact) mass is 396 g/mol. The number of likely N-dealkylation sites (tertiary alicyclic amines) is 1. The van der Waals surface area contributed by atoms with Crippen molar-refractivity contribution in [2.24, 2.45) is 0 Å². The highest BCUT2D eigenvalue weighted by Gasteiger charge is 2.28. The van der Waals surface area contributed by atoms with Gasteiger partial charge in [-0.15, -0.1) is 0 Å². The smallest absolute Gasteiger partial charge is 0.246 e. The Hall–Kier alpha value is -2.93. The van der Waals surface area contributed by atoms with Gasteiger partial charge in [0.15, 0.2) is 11.5 Å². The molecule has 0 radical (unpaired) electrons. The number of rotatable bonds is 7. The first kappa shape index (κ1) is 20.8. The van der Waals surface area contributed by atoms with E-state index in [-0.39, 0.29) is 11.8 Å². The molecule has 0 spiro atoms. The van der Waals surface area contributed by atoms with Crippen LogP contribution in [0.1, 0.15) is 24.5 Å². The number of nitrogens with zero attached hydrogens (tertiary/aromatic N) is 4. The maximum absolute atomic E-state index is 12.6. The highest BCUT2D eigenvalue weighted by molar-refractivity contribution is 5.87. The van der Waals surface area contributed by atoms with Gasteiger partial charge in [-0.3, -0.25) is 9.78 Å². The second kappa shape index (κ2) is 10.0. The van der Waals surface area contributed by atoms with Gasteiger partial charge in [0, 0.05) is 44.0 Å². The van der Waals surface area contributed by atoms with Gasteiger partial charge in [0.1, 0.15) is 5.69 Å². The summed E-state index contributed by atoms with van der Waals surface area (Å²) in [5.41, 5.74) is 0.771. The fraction of sp³-hybridized carbons (Fsp3) is 0.409. The van der Waals surface area contributed by atoms with E-state index < -0.39 is 0 Å². The second-order valence-electron chi connectivity index (χ2n) is 7.29. The van der Waals surface area contributed by atoms with Crippen LogP contribution in [0, 0.1) is 0 Å². The summed E-state index contributed by atoms with van der Waals surface area (Å²) < 4.78 is 11.4. The van der Waals surface area contributed by atoms with Crippen LogP contribution in [0.3, 0.4) is 0 Å². The zero-order valence-electron chi connectivity index (χ0n) is 17.2. The topological polar surface area (TPSA) is 67.8 Å². The van der Waals surface area contributed by atoms with Gasteiger partial charge in [0.2, 0.25) is 11.8 Å². The number of para-hydroxylation sites is 2. The Balaban J connectivity index is 1.75. The molecular weight excluding hydrogens is 368 g/mol. The minimum absolute atomic E-state index is 0.0348. The van der Waals surface area contributed by atoms with Crippen molar-refractivity contribution in [3.8, 4) is 17.4 Å².